The Morgan fingerprint density at radius 3 is 2.58 bits per heavy atom. The molecular weight excluding hydrogens is 238 g/mol. The number of methoxy groups -OCH3 is 1. The molecule has 0 aliphatic carbocycles. The molecule has 0 saturated carbocycles. The molecule has 0 aliphatic rings. The molecule has 0 bridgehead atoms. The van der Waals surface area contributed by atoms with Crippen molar-refractivity contribution in [2.75, 3.05) is 26.9 Å². The molecule has 3 nitrogen and oxygen atoms in total. The number of nitrogens with one attached hydrogen (secondary N) is 1. The first kappa shape index (κ1) is 16.0. The largest absolute Gasteiger partial charge is 0.496 e. The Bertz CT molecular complexity index is 366. The molecule has 1 unspecified atom stereocenters. The predicted molar refractivity (Wildman–Crippen MR) is 79.9 cm³/mol. The molecule has 0 saturated heterocycles. The van der Waals surface area contributed by atoms with Gasteiger partial charge in [-0.1, -0.05) is 26.0 Å². The molecule has 19 heavy (non-hydrogen) atoms. The Hall–Kier alpha value is -1.06. The Morgan fingerprint density at radius 2 is 2.00 bits per heavy atom. The molecule has 0 aliphatic heterocycles. The molecule has 1 aromatic rings. The zero-order valence-electron chi connectivity index (χ0n) is 12.7. The van der Waals surface area contributed by atoms with Gasteiger partial charge >= 0.3 is 0 Å². The standard InChI is InChI=1S/C16H27NO2/c1-5-9-17-15(12-19-10-6-2)14-7-8-16(18-4)13(3)11-14/h7-8,11,15,17H,5-6,9-10,12H2,1-4H3. The lowest BCUT2D eigenvalue weighted by molar-refractivity contribution is 0.112. The highest BCUT2D eigenvalue weighted by Gasteiger charge is 2.12. The van der Waals surface area contributed by atoms with Crippen molar-refractivity contribution >= 4 is 0 Å². The van der Waals surface area contributed by atoms with Crippen LogP contribution in [0.3, 0.4) is 0 Å². The van der Waals surface area contributed by atoms with E-state index >= 15 is 0 Å². The number of hydrogen-bond acceptors (Lipinski definition) is 3. The first-order valence-electron chi connectivity index (χ1n) is 7.18. The summed E-state index contributed by atoms with van der Waals surface area (Å²) in [5, 5.41) is 3.54. The molecule has 1 rings (SSSR count). The summed E-state index contributed by atoms with van der Waals surface area (Å²) in [6, 6.07) is 6.59. The van der Waals surface area contributed by atoms with E-state index in [1.807, 2.05) is 6.07 Å². The third-order valence-electron chi connectivity index (χ3n) is 3.09. The molecule has 0 heterocycles. The van der Waals surface area contributed by atoms with Gasteiger partial charge in [0.1, 0.15) is 5.75 Å². The normalized spacial score (nSPS) is 12.4. The number of hydrogen-bond donors (Lipinski definition) is 1. The van der Waals surface area contributed by atoms with Crippen LogP contribution in [0.25, 0.3) is 0 Å². The van der Waals surface area contributed by atoms with Gasteiger partial charge in [-0.05, 0) is 43.5 Å². The summed E-state index contributed by atoms with van der Waals surface area (Å²) >= 11 is 0. The molecule has 108 valence electrons. The van der Waals surface area contributed by atoms with E-state index in [2.05, 4.69) is 38.2 Å². The van der Waals surface area contributed by atoms with Gasteiger partial charge < -0.3 is 14.8 Å². The summed E-state index contributed by atoms with van der Waals surface area (Å²) in [6.45, 7) is 8.93. The predicted octanol–water partition coefficient (Wildman–Crippen LogP) is 3.47. The van der Waals surface area contributed by atoms with Crippen molar-refractivity contribution in [2.24, 2.45) is 0 Å². The summed E-state index contributed by atoms with van der Waals surface area (Å²) in [4.78, 5) is 0. The van der Waals surface area contributed by atoms with Crippen LogP contribution in [-0.4, -0.2) is 26.9 Å². The summed E-state index contributed by atoms with van der Waals surface area (Å²) in [5.74, 6) is 0.937. The summed E-state index contributed by atoms with van der Waals surface area (Å²) < 4.78 is 11.0. The fourth-order valence-electron chi connectivity index (χ4n) is 2.06. The molecule has 1 aromatic carbocycles. The molecule has 3 heteroatoms. The lowest BCUT2D eigenvalue weighted by Gasteiger charge is -2.20. The van der Waals surface area contributed by atoms with Gasteiger partial charge in [0.2, 0.25) is 0 Å². The number of aryl methyl sites for hydroxylation is 1. The van der Waals surface area contributed by atoms with E-state index < -0.39 is 0 Å². The van der Waals surface area contributed by atoms with E-state index in [1.54, 1.807) is 7.11 Å². The van der Waals surface area contributed by atoms with Gasteiger partial charge in [0.05, 0.1) is 19.8 Å². The van der Waals surface area contributed by atoms with Crippen LogP contribution in [0.4, 0.5) is 0 Å². The van der Waals surface area contributed by atoms with Crippen molar-refractivity contribution in [3.63, 3.8) is 0 Å². The van der Waals surface area contributed by atoms with Crippen LogP contribution in [0, 0.1) is 6.92 Å². The second-order valence-electron chi connectivity index (χ2n) is 4.81. The smallest absolute Gasteiger partial charge is 0.121 e. The molecule has 0 aromatic heterocycles. The van der Waals surface area contributed by atoms with E-state index in [0.717, 1.165) is 38.3 Å². The van der Waals surface area contributed by atoms with Crippen LogP contribution in [-0.2, 0) is 4.74 Å². The Labute approximate surface area is 117 Å². The van der Waals surface area contributed by atoms with Crippen LogP contribution in [0.2, 0.25) is 0 Å². The van der Waals surface area contributed by atoms with Crippen LogP contribution in [0.15, 0.2) is 18.2 Å². The minimum Gasteiger partial charge on any atom is -0.496 e. The molecule has 0 radical (unpaired) electrons. The molecular formula is C16H27NO2. The van der Waals surface area contributed by atoms with E-state index in [-0.39, 0.29) is 6.04 Å². The SMILES string of the molecule is CCCNC(COCCC)c1ccc(OC)c(C)c1. The van der Waals surface area contributed by atoms with Gasteiger partial charge in [-0.2, -0.15) is 0 Å². The molecule has 1 N–H and O–H groups in total. The highest BCUT2D eigenvalue weighted by molar-refractivity contribution is 5.37. The van der Waals surface area contributed by atoms with Crippen molar-refractivity contribution in [1.29, 1.82) is 0 Å². The van der Waals surface area contributed by atoms with Crippen LogP contribution in [0.5, 0.6) is 5.75 Å². The quantitative estimate of drug-likeness (QED) is 0.693. The lowest BCUT2D eigenvalue weighted by atomic mass is 10.0. The maximum absolute atomic E-state index is 5.70. The third kappa shape index (κ3) is 5.21. The second-order valence-corrected chi connectivity index (χ2v) is 4.81. The topological polar surface area (TPSA) is 30.5 Å². The van der Waals surface area contributed by atoms with Crippen molar-refractivity contribution in [3.8, 4) is 5.75 Å². The molecule has 1 atom stereocenters. The van der Waals surface area contributed by atoms with Gasteiger partial charge in [0.25, 0.3) is 0 Å². The maximum atomic E-state index is 5.70. The minimum atomic E-state index is 0.260. The van der Waals surface area contributed by atoms with Gasteiger partial charge in [-0.15, -0.1) is 0 Å². The fraction of sp³-hybridized carbons (Fsp3) is 0.625. The second kappa shape index (κ2) is 8.94. The minimum absolute atomic E-state index is 0.260. The molecule has 0 amide bonds. The average molecular weight is 265 g/mol. The molecule has 0 fully saturated rings. The summed E-state index contributed by atoms with van der Waals surface area (Å²) in [7, 11) is 1.71. The van der Waals surface area contributed by atoms with Crippen molar-refractivity contribution in [2.45, 2.75) is 39.7 Å². The van der Waals surface area contributed by atoms with Crippen LogP contribution >= 0.6 is 0 Å². The Balaban J connectivity index is 2.74. The van der Waals surface area contributed by atoms with Crippen molar-refractivity contribution < 1.29 is 9.47 Å². The van der Waals surface area contributed by atoms with E-state index in [4.69, 9.17) is 9.47 Å². The highest BCUT2D eigenvalue weighted by atomic mass is 16.5. The maximum Gasteiger partial charge on any atom is 0.121 e. The molecule has 0 spiro atoms. The van der Waals surface area contributed by atoms with Gasteiger partial charge in [-0.3, -0.25) is 0 Å². The van der Waals surface area contributed by atoms with E-state index in [0.29, 0.717) is 0 Å². The Kier molecular flexibility index (Phi) is 7.53. The first-order chi connectivity index (χ1) is 9.22. The number of rotatable bonds is 9. The zero-order chi connectivity index (χ0) is 14.1. The van der Waals surface area contributed by atoms with E-state index in [9.17, 15) is 0 Å². The van der Waals surface area contributed by atoms with Crippen molar-refractivity contribution in [3.05, 3.63) is 29.3 Å². The number of benzene rings is 1. The van der Waals surface area contributed by atoms with Gasteiger partial charge in [-0.25, -0.2) is 0 Å². The zero-order valence-corrected chi connectivity index (χ0v) is 12.7. The summed E-state index contributed by atoms with van der Waals surface area (Å²) in [5.41, 5.74) is 2.43. The monoisotopic (exact) mass is 265 g/mol. The first-order valence-corrected chi connectivity index (χ1v) is 7.18. The average Bonchev–Trinajstić information content (AvgIpc) is 2.42. The van der Waals surface area contributed by atoms with E-state index in [1.165, 1.54) is 11.1 Å². The van der Waals surface area contributed by atoms with Crippen LogP contribution < -0.4 is 10.1 Å². The highest BCUT2D eigenvalue weighted by Crippen LogP contribution is 2.22. The van der Waals surface area contributed by atoms with Gasteiger partial charge in [0, 0.05) is 6.61 Å². The van der Waals surface area contributed by atoms with Crippen LogP contribution in [0.1, 0.15) is 43.9 Å². The lowest BCUT2D eigenvalue weighted by Crippen LogP contribution is -2.26. The van der Waals surface area contributed by atoms with Gasteiger partial charge in [0.15, 0.2) is 0 Å². The van der Waals surface area contributed by atoms with Crippen molar-refractivity contribution in [1.82, 2.24) is 5.32 Å². The third-order valence-corrected chi connectivity index (χ3v) is 3.09. The summed E-state index contributed by atoms with van der Waals surface area (Å²) in [6.07, 6.45) is 2.18. The number of ether oxygens (including phenoxy) is 2. The Morgan fingerprint density at radius 1 is 1.21 bits per heavy atom. The fourth-order valence-corrected chi connectivity index (χ4v) is 2.06.